The first-order valence-corrected chi connectivity index (χ1v) is 8.96. The Balaban J connectivity index is 1.57. The molecule has 0 N–H and O–H groups in total. The fourth-order valence-corrected chi connectivity index (χ4v) is 4.43. The predicted octanol–water partition coefficient (Wildman–Crippen LogP) is 2.75. The molecule has 0 saturated heterocycles. The van der Waals surface area contributed by atoms with Crippen molar-refractivity contribution in [2.75, 3.05) is 0 Å². The van der Waals surface area contributed by atoms with Gasteiger partial charge in [-0.15, -0.1) is 0 Å². The third-order valence-electron chi connectivity index (χ3n) is 4.02. The molecule has 24 heavy (non-hydrogen) atoms. The summed E-state index contributed by atoms with van der Waals surface area (Å²) in [6.45, 7) is 2.50. The molecule has 0 unspecified atom stereocenters. The summed E-state index contributed by atoms with van der Waals surface area (Å²) in [6.07, 6.45) is 0. The summed E-state index contributed by atoms with van der Waals surface area (Å²) >= 11 is 0. The fraction of sp³-hybridized carbons (Fsp3) is 0.176. The number of nitrogens with zero attached hydrogens (tertiary/aromatic N) is 3. The zero-order valence-corrected chi connectivity index (χ0v) is 13.8. The van der Waals surface area contributed by atoms with Crippen LogP contribution in [-0.2, 0) is 23.1 Å². The van der Waals surface area contributed by atoms with Crippen molar-refractivity contribution in [2.24, 2.45) is 0 Å². The predicted molar refractivity (Wildman–Crippen MR) is 87.3 cm³/mol. The molecule has 1 aliphatic rings. The lowest BCUT2D eigenvalue weighted by molar-refractivity contribution is 0.419. The Kier molecular flexibility index (Phi) is 3.47. The van der Waals surface area contributed by atoms with E-state index in [4.69, 9.17) is 4.52 Å². The first-order valence-electron chi connectivity index (χ1n) is 7.52. The van der Waals surface area contributed by atoms with Crippen LogP contribution in [0.2, 0.25) is 0 Å². The molecule has 0 amide bonds. The van der Waals surface area contributed by atoms with Crippen molar-refractivity contribution < 1.29 is 12.9 Å². The van der Waals surface area contributed by atoms with Crippen LogP contribution in [0.4, 0.5) is 0 Å². The number of fused-ring (bicyclic) bond motifs is 1. The van der Waals surface area contributed by atoms with Gasteiger partial charge in [-0.1, -0.05) is 35.5 Å². The van der Waals surface area contributed by atoms with Crippen LogP contribution >= 0.6 is 0 Å². The van der Waals surface area contributed by atoms with Crippen molar-refractivity contribution >= 4 is 10.0 Å². The van der Waals surface area contributed by atoms with E-state index in [0.29, 0.717) is 29.7 Å². The summed E-state index contributed by atoms with van der Waals surface area (Å²) in [4.78, 5) is 4.59. The van der Waals surface area contributed by atoms with Crippen molar-refractivity contribution in [2.45, 2.75) is 24.9 Å². The highest BCUT2D eigenvalue weighted by Crippen LogP contribution is 2.31. The van der Waals surface area contributed by atoms with Gasteiger partial charge in [-0.05, 0) is 36.2 Å². The van der Waals surface area contributed by atoms with E-state index in [-0.39, 0.29) is 0 Å². The zero-order chi connectivity index (χ0) is 16.7. The molecule has 7 heteroatoms. The first kappa shape index (κ1) is 15.0. The van der Waals surface area contributed by atoms with Gasteiger partial charge in [0.05, 0.1) is 4.90 Å². The van der Waals surface area contributed by atoms with Crippen LogP contribution < -0.4 is 0 Å². The van der Waals surface area contributed by atoms with E-state index in [1.54, 1.807) is 19.1 Å². The van der Waals surface area contributed by atoms with Crippen molar-refractivity contribution in [3.63, 3.8) is 0 Å². The maximum absolute atomic E-state index is 12.6. The molecule has 0 fully saturated rings. The number of benzene rings is 2. The van der Waals surface area contributed by atoms with Crippen LogP contribution in [0.3, 0.4) is 0 Å². The number of hydrogen-bond donors (Lipinski definition) is 0. The Labute approximate surface area is 139 Å². The SMILES string of the molecule is Cc1noc(-c2ccc(CN3Cc4ccccc4S3(=O)=O)cc2)n1. The van der Waals surface area contributed by atoms with E-state index in [1.165, 1.54) is 4.31 Å². The highest BCUT2D eigenvalue weighted by Gasteiger charge is 2.33. The van der Waals surface area contributed by atoms with Crippen LogP contribution in [0, 0.1) is 6.92 Å². The van der Waals surface area contributed by atoms with Gasteiger partial charge >= 0.3 is 0 Å². The van der Waals surface area contributed by atoms with Gasteiger partial charge in [0.1, 0.15) is 0 Å². The zero-order valence-electron chi connectivity index (χ0n) is 13.0. The van der Waals surface area contributed by atoms with Gasteiger partial charge in [0.25, 0.3) is 5.89 Å². The standard InChI is InChI=1S/C17H15N3O3S/c1-12-18-17(23-19-12)14-8-6-13(7-9-14)10-20-11-15-4-2-3-5-16(15)24(20,21)22/h2-9H,10-11H2,1H3. The van der Waals surface area contributed by atoms with Gasteiger partial charge in [-0.3, -0.25) is 0 Å². The Morgan fingerprint density at radius 1 is 1.12 bits per heavy atom. The topological polar surface area (TPSA) is 76.3 Å². The quantitative estimate of drug-likeness (QED) is 0.732. The molecular weight excluding hydrogens is 326 g/mol. The third-order valence-corrected chi connectivity index (χ3v) is 5.92. The summed E-state index contributed by atoms with van der Waals surface area (Å²) in [5.74, 6) is 1.04. The highest BCUT2D eigenvalue weighted by molar-refractivity contribution is 7.89. The fourth-order valence-electron chi connectivity index (χ4n) is 2.81. The second-order valence-corrected chi connectivity index (χ2v) is 7.63. The van der Waals surface area contributed by atoms with E-state index in [1.807, 2.05) is 36.4 Å². The number of aromatic nitrogens is 2. The average Bonchev–Trinajstić information content (AvgIpc) is 3.11. The summed E-state index contributed by atoms with van der Waals surface area (Å²) in [7, 11) is -3.41. The molecule has 2 aromatic carbocycles. The summed E-state index contributed by atoms with van der Waals surface area (Å²) < 4.78 is 31.8. The molecular formula is C17H15N3O3S. The van der Waals surface area contributed by atoms with E-state index in [2.05, 4.69) is 10.1 Å². The van der Waals surface area contributed by atoms with Gasteiger partial charge in [0.15, 0.2) is 5.82 Å². The minimum atomic E-state index is -3.41. The molecule has 2 heterocycles. The lowest BCUT2D eigenvalue weighted by Crippen LogP contribution is -2.23. The molecule has 0 bridgehead atoms. The molecule has 4 rings (SSSR count). The monoisotopic (exact) mass is 341 g/mol. The number of sulfonamides is 1. The Morgan fingerprint density at radius 3 is 2.54 bits per heavy atom. The van der Waals surface area contributed by atoms with E-state index in [0.717, 1.165) is 16.7 Å². The number of hydrogen-bond acceptors (Lipinski definition) is 5. The molecule has 1 aliphatic heterocycles. The second kappa shape index (κ2) is 5.54. The normalized spacial score (nSPS) is 16.2. The van der Waals surface area contributed by atoms with Crippen LogP contribution in [0.5, 0.6) is 0 Å². The smallest absolute Gasteiger partial charge is 0.257 e. The van der Waals surface area contributed by atoms with Crippen LogP contribution in [0.25, 0.3) is 11.5 Å². The molecule has 0 radical (unpaired) electrons. The van der Waals surface area contributed by atoms with E-state index >= 15 is 0 Å². The van der Waals surface area contributed by atoms with Gasteiger partial charge in [0.2, 0.25) is 10.0 Å². The second-order valence-electron chi connectivity index (χ2n) is 5.72. The van der Waals surface area contributed by atoms with Crippen molar-refractivity contribution in [3.8, 4) is 11.5 Å². The van der Waals surface area contributed by atoms with Gasteiger partial charge < -0.3 is 4.52 Å². The van der Waals surface area contributed by atoms with Crippen molar-refractivity contribution in [3.05, 3.63) is 65.5 Å². The maximum atomic E-state index is 12.6. The molecule has 0 atom stereocenters. The Hall–Kier alpha value is -2.51. The summed E-state index contributed by atoms with van der Waals surface area (Å²) in [5, 5.41) is 3.77. The Morgan fingerprint density at radius 2 is 1.88 bits per heavy atom. The minimum absolute atomic E-state index is 0.333. The maximum Gasteiger partial charge on any atom is 0.257 e. The van der Waals surface area contributed by atoms with E-state index in [9.17, 15) is 8.42 Å². The van der Waals surface area contributed by atoms with Gasteiger partial charge in [-0.25, -0.2) is 8.42 Å². The molecule has 6 nitrogen and oxygen atoms in total. The molecule has 122 valence electrons. The largest absolute Gasteiger partial charge is 0.334 e. The number of aryl methyl sites for hydroxylation is 1. The summed E-state index contributed by atoms with van der Waals surface area (Å²) in [5.41, 5.74) is 2.56. The third kappa shape index (κ3) is 2.51. The van der Waals surface area contributed by atoms with E-state index < -0.39 is 10.0 Å². The molecule has 0 spiro atoms. The van der Waals surface area contributed by atoms with Crippen LogP contribution in [-0.4, -0.2) is 22.9 Å². The van der Waals surface area contributed by atoms with Crippen molar-refractivity contribution in [1.82, 2.24) is 14.4 Å². The highest BCUT2D eigenvalue weighted by atomic mass is 32.2. The minimum Gasteiger partial charge on any atom is -0.334 e. The van der Waals surface area contributed by atoms with Crippen molar-refractivity contribution in [1.29, 1.82) is 0 Å². The first-order chi connectivity index (χ1) is 11.5. The van der Waals surface area contributed by atoms with Crippen LogP contribution in [0.15, 0.2) is 57.9 Å². The van der Waals surface area contributed by atoms with Gasteiger partial charge in [-0.2, -0.15) is 9.29 Å². The number of rotatable bonds is 3. The van der Waals surface area contributed by atoms with Gasteiger partial charge in [0, 0.05) is 18.7 Å². The molecule has 0 saturated carbocycles. The lowest BCUT2D eigenvalue weighted by atomic mass is 10.1. The average molecular weight is 341 g/mol. The molecule has 3 aromatic rings. The Bertz CT molecular complexity index is 994. The van der Waals surface area contributed by atoms with Crippen LogP contribution in [0.1, 0.15) is 17.0 Å². The molecule has 1 aromatic heterocycles. The molecule has 0 aliphatic carbocycles. The lowest BCUT2D eigenvalue weighted by Gasteiger charge is -2.14. The summed E-state index contributed by atoms with van der Waals surface area (Å²) in [6, 6.07) is 14.6.